The highest BCUT2D eigenvalue weighted by Gasteiger charge is 2.13. The van der Waals surface area contributed by atoms with Crippen LogP contribution in [-0.4, -0.2) is 123 Å². The van der Waals surface area contributed by atoms with Gasteiger partial charge in [0.15, 0.2) is 0 Å². The van der Waals surface area contributed by atoms with E-state index in [1.807, 2.05) is 0 Å². The number of nitrogens with two attached hydrogens (primary N) is 1. The summed E-state index contributed by atoms with van der Waals surface area (Å²) in [7, 11) is 0. The molecule has 51 heavy (non-hydrogen) atoms. The predicted molar refractivity (Wildman–Crippen MR) is 185 cm³/mol. The van der Waals surface area contributed by atoms with Gasteiger partial charge in [-0.3, -0.25) is 9.59 Å². The summed E-state index contributed by atoms with van der Waals surface area (Å²) in [5.74, 6) is -0.404. The Labute approximate surface area is 296 Å². The highest BCUT2D eigenvalue weighted by atomic mass is 16.7. The maximum atomic E-state index is 12.3. The van der Waals surface area contributed by atoms with Crippen LogP contribution in [0.25, 0.3) is 11.0 Å². The van der Waals surface area contributed by atoms with E-state index in [2.05, 4.69) is 10.6 Å². The number of aryl methyl sites for hydroxylation is 1. The Kier molecular flexibility index (Phi) is 20.9. The Morgan fingerprint density at radius 1 is 0.647 bits per heavy atom. The summed E-state index contributed by atoms with van der Waals surface area (Å²) in [5.41, 5.74) is 6.65. The zero-order chi connectivity index (χ0) is 36.4. The van der Waals surface area contributed by atoms with E-state index in [1.54, 1.807) is 36.4 Å². The number of anilines is 1. The summed E-state index contributed by atoms with van der Waals surface area (Å²) >= 11 is 0. The summed E-state index contributed by atoms with van der Waals surface area (Å²) in [5, 5.41) is 15.3. The Balaban J connectivity index is 0.978. The van der Waals surface area contributed by atoms with Gasteiger partial charge in [0.2, 0.25) is 5.91 Å². The SMILES string of the molecule is Nc1ccc2cc(C(=O)NCCOCCOCCOCCOCCOCCOCOCOCCNC(=O)CCc3ccc(O)cc3)c(=O)oc2c1. The maximum absolute atomic E-state index is 12.3. The van der Waals surface area contributed by atoms with Gasteiger partial charge in [0.05, 0.1) is 79.3 Å². The zero-order valence-corrected chi connectivity index (χ0v) is 28.8. The number of nitrogen functional groups attached to an aromatic ring is 1. The number of hydrogen-bond donors (Lipinski definition) is 4. The van der Waals surface area contributed by atoms with E-state index < -0.39 is 11.5 Å². The van der Waals surface area contributed by atoms with Crippen LogP contribution in [0.15, 0.2) is 57.7 Å². The summed E-state index contributed by atoms with van der Waals surface area (Å²) < 4.78 is 48.2. The van der Waals surface area contributed by atoms with Crippen molar-refractivity contribution < 1.29 is 57.0 Å². The van der Waals surface area contributed by atoms with Crippen LogP contribution in [0, 0.1) is 0 Å². The van der Waals surface area contributed by atoms with E-state index in [-0.39, 0.29) is 44.0 Å². The Hall–Kier alpha value is -4.13. The fourth-order valence-electron chi connectivity index (χ4n) is 4.26. The molecule has 5 N–H and O–H groups in total. The van der Waals surface area contributed by atoms with Crippen molar-refractivity contribution in [2.45, 2.75) is 12.8 Å². The molecule has 3 aromatic rings. The van der Waals surface area contributed by atoms with Crippen molar-refractivity contribution in [3.8, 4) is 5.75 Å². The molecule has 0 saturated carbocycles. The average molecular weight is 720 g/mol. The number of rotatable bonds is 29. The largest absolute Gasteiger partial charge is 0.508 e. The van der Waals surface area contributed by atoms with E-state index in [9.17, 15) is 19.5 Å². The standard InChI is InChI=1S/C35H49N3O13/c36-29-5-4-28-23-31(35(42)51-32(28)24-29)34(41)38-10-11-43-13-14-44-15-16-45-17-18-46-19-20-47-21-22-49-26-50-25-48-12-9-37-33(40)8-3-27-1-6-30(39)7-2-27/h1-2,4-7,23-24,39H,3,8-22,25-26,36H2,(H,37,40)(H,38,41). The van der Waals surface area contributed by atoms with Gasteiger partial charge in [0.25, 0.3) is 5.91 Å². The number of nitrogens with one attached hydrogen (secondary N) is 2. The van der Waals surface area contributed by atoms with Gasteiger partial charge in [0, 0.05) is 36.7 Å². The van der Waals surface area contributed by atoms with Crippen LogP contribution in [0.5, 0.6) is 5.75 Å². The van der Waals surface area contributed by atoms with Crippen LogP contribution in [0.4, 0.5) is 5.69 Å². The number of hydrogen-bond acceptors (Lipinski definition) is 14. The topological polar surface area (TPSA) is 208 Å². The lowest BCUT2D eigenvalue weighted by Crippen LogP contribution is -2.31. The Morgan fingerprint density at radius 2 is 1.18 bits per heavy atom. The number of benzene rings is 2. The molecule has 0 aliphatic carbocycles. The van der Waals surface area contributed by atoms with Crippen LogP contribution in [0.3, 0.4) is 0 Å². The molecule has 0 bridgehead atoms. The lowest BCUT2D eigenvalue weighted by molar-refractivity contribution is -0.137. The molecule has 2 amide bonds. The van der Waals surface area contributed by atoms with Crippen LogP contribution in [-0.2, 0) is 49.1 Å². The van der Waals surface area contributed by atoms with Crippen molar-refractivity contribution in [1.29, 1.82) is 0 Å². The molecule has 0 aliphatic heterocycles. The number of ether oxygens (including phenoxy) is 8. The maximum Gasteiger partial charge on any atom is 0.349 e. The van der Waals surface area contributed by atoms with E-state index in [4.69, 9.17) is 48.0 Å². The van der Waals surface area contributed by atoms with E-state index in [0.29, 0.717) is 109 Å². The highest BCUT2D eigenvalue weighted by molar-refractivity contribution is 5.96. The molecule has 1 heterocycles. The monoisotopic (exact) mass is 719 g/mol. The third kappa shape index (κ3) is 18.6. The molecular formula is C35H49N3O13. The normalized spacial score (nSPS) is 11.2. The second-order valence-electron chi connectivity index (χ2n) is 10.8. The molecule has 16 nitrogen and oxygen atoms in total. The molecule has 2 aromatic carbocycles. The minimum Gasteiger partial charge on any atom is -0.508 e. The summed E-state index contributed by atoms with van der Waals surface area (Å²) in [6.45, 7) is 5.34. The van der Waals surface area contributed by atoms with Crippen LogP contribution < -0.4 is 22.0 Å². The third-order valence-electron chi connectivity index (χ3n) is 6.88. The van der Waals surface area contributed by atoms with Gasteiger partial charge in [-0.25, -0.2) is 4.79 Å². The molecule has 3 rings (SSSR count). The number of fused-ring (bicyclic) bond motifs is 1. The first-order valence-electron chi connectivity index (χ1n) is 16.7. The molecular weight excluding hydrogens is 670 g/mol. The van der Waals surface area contributed by atoms with Crippen LogP contribution >= 0.6 is 0 Å². The molecule has 0 spiro atoms. The summed E-state index contributed by atoms with van der Waals surface area (Å²) in [6, 6.07) is 13.1. The first-order chi connectivity index (χ1) is 24.9. The fraction of sp³-hybridized carbons (Fsp3) is 0.514. The molecule has 0 saturated heterocycles. The molecule has 16 heteroatoms. The van der Waals surface area contributed by atoms with E-state index in [1.165, 1.54) is 12.1 Å². The predicted octanol–water partition coefficient (Wildman–Crippen LogP) is 1.61. The highest BCUT2D eigenvalue weighted by Crippen LogP contribution is 2.16. The second-order valence-corrected chi connectivity index (χ2v) is 10.8. The van der Waals surface area contributed by atoms with Crippen molar-refractivity contribution in [3.63, 3.8) is 0 Å². The fourth-order valence-corrected chi connectivity index (χ4v) is 4.26. The average Bonchev–Trinajstić information content (AvgIpc) is 3.12. The van der Waals surface area contributed by atoms with Gasteiger partial charge in [-0.05, 0) is 42.3 Å². The lowest BCUT2D eigenvalue weighted by Gasteiger charge is -2.09. The lowest BCUT2D eigenvalue weighted by atomic mass is 10.1. The van der Waals surface area contributed by atoms with Gasteiger partial charge >= 0.3 is 5.63 Å². The summed E-state index contributed by atoms with van der Waals surface area (Å²) in [6.07, 6.45) is 0.959. The van der Waals surface area contributed by atoms with Gasteiger partial charge in [-0.2, -0.15) is 0 Å². The van der Waals surface area contributed by atoms with Crippen LogP contribution in [0.2, 0.25) is 0 Å². The number of aromatic hydroxyl groups is 1. The quantitative estimate of drug-likeness (QED) is 0.0348. The number of carbonyl (C=O) groups excluding carboxylic acids is 2. The van der Waals surface area contributed by atoms with Crippen LogP contribution in [0.1, 0.15) is 22.3 Å². The Morgan fingerprint density at radius 3 is 1.80 bits per heavy atom. The molecule has 282 valence electrons. The molecule has 0 unspecified atom stereocenters. The van der Waals surface area contributed by atoms with Crippen molar-refractivity contribution in [3.05, 3.63) is 70.1 Å². The minimum atomic E-state index is -0.732. The first kappa shape index (κ1) is 41.3. The van der Waals surface area contributed by atoms with Crippen molar-refractivity contribution in [1.82, 2.24) is 10.6 Å². The number of phenolic OH excluding ortho intramolecular Hbond substituents is 1. The number of phenols is 1. The van der Waals surface area contributed by atoms with E-state index in [0.717, 1.165) is 5.56 Å². The minimum absolute atomic E-state index is 0.0542. The number of carbonyl (C=O) groups is 2. The number of amides is 2. The van der Waals surface area contributed by atoms with Gasteiger partial charge in [-0.1, -0.05) is 12.1 Å². The third-order valence-corrected chi connectivity index (χ3v) is 6.88. The molecule has 0 aliphatic rings. The zero-order valence-electron chi connectivity index (χ0n) is 28.8. The Bertz CT molecular complexity index is 1470. The molecule has 1 aromatic heterocycles. The molecule has 0 radical (unpaired) electrons. The van der Waals surface area contributed by atoms with Crippen molar-refractivity contribution in [2.75, 3.05) is 112 Å². The smallest absolute Gasteiger partial charge is 0.349 e. The van der Waals surface area contributed by atoms with Gasteiger partial charge < -0.3 is 63.8 Å². The first-order valence-corrected chi connectivity index (χ1v) is 16.7. The van der Waals surface area contributed by atoms with Crippen molar-refractivity contribution >= 4 is 28.5 Å². The molecule has 0 fully saturated rings. The van der Waals surface area contributed by atoms with E-state index >= 15 is 0 Å². The second kappa shape index (κ2) is 25.8. The van der Waals surface area contributed by atoms with Gasteiger partial charge in [-0.15, -0.1) is 0 Å². The molecule has 0 atom stereocenters. The van der Waals surface area contributed by atoms with Gasteiger partial charge in [0.1, 0.15) is 30.5 Å². The summed E-state index contributed by atoms with van der Waals surface area (Å²) in [4.78, 5) is 36.3. The van der Waals surface area contributed by atoms with Crippen molar-refractivity contribution in [2.24, 2.45) is 0 Å².